The summed E-state index contributed by atoms with van der Waals surface area (Å²) in [7, 11) is 1.72. The van der Waals surface area contributed by atoms with E-state index in [0.29, 0.717) is 0 Å². The molecule has 2 rings (SSSR count). The van der Waals surface area contributed by atoms with Gasteiger partial charge in [0.05, 0.1) is 7.11 Å². The highest BCUT2D eigenvalue weighted by atomic mass is 127. The van der Waals surface area contributed by atoms with Gasteiger partial charge in [-0.1, -0.05) is 24.3 Å². The first-order valence-electron chi connectivity index (χ1n) is 4.46. The first-order chi connectivity index (χ1) is 6.74. The van der Waals surface area contributed by atoms with Gasteiger partial charge >= 0.3 is 0 Å². The molecular weight excluding hydrogens is 287 g/mol. The number of ether oxygens (including phenoxy) is 1. The second kappa shape index (κ2) is 3.77. The van der Waals surface area contributed by atoms with Crippen molar-refractivity contribution in [1.82, 2.24) is 0 Å². The monoisotopic (exact) mass is 298 g/mol. The molecule has 72 valence electrons. The SMILES string of the molecule is COc1c(C)cc(I)c2ccccc12. The van der Waals surface area contributed by atoms with Crippen LogP contribution < -0.4 is 4.74 Å². The zero-order valence-corrected chi connectivity index (χ0v) is 10.3. The fraction of sp³-hybridized carbons (Fsp3) is 0.167. The van der Waals surface area contributed by atoms with E-state index < -0.39 is 0 Å². The van der Waals surface area contributed by atoms with Gasteiger partial charge in [-0.15, -0.1) is 0 Å². The lowest BCUT2D eigenvalue weighted by Crippen LogP contribution is -1.90. The minimum absolute atomic E-state index is 0.987. The van der Waals surface area contributed by atoms with Gasteiger partial charge in [0.1, 0.15) is 5.75 Å². The topological polar surface area (TPSA) is 9.23 Å². The summed E-state index contributed by atoms with van der Waals surface area (Å²) in [6, 6.07) is 10.5. The minimum Gasteiger partial charge on any atom is -0.496 e. The lowest BCUT2D eigenvalue weighted by atomic mass is 10.1. The van der Waals surface area contributed by atoms with Gasteiger partial charge in [0.2, 0.25) is 0 Å². The van der Waals surface area contributed by atoms with Crippen molar-refractivity contribution in [2.24, 2.45) is 0 Å². The van der Waals surface area contributed by atoms with Crippen molar-refractivity contribution >= 4 is 33.4 Å². The average molecular weight is 298 g/mol. The Labute approximate surface area is 97.2 Å². The quantitative estimate of drug-likeness (QED) is 0.728. The van der Waals surface area contributed by atoms with Crippen molar-refractivity contribution in [3.05, 3.63) is 39.5 Å². The summed E-state index contributed by atoms with van der Waals surface area (Å²) >= 11 is 2.36. The molecule has 0 heterocycles. The smallest absolute Gasteiger partial charge is 0.129 e. The zero-order chi connectivity index (χ0) is 10.1. The second-order valence-electron chi connectivity index (χ2n) is 3.25. The van der Waals surface area contributed by atoms with Crippen molar-refractivity contribution in [2.75, 3.05) is 7.11 Å². The molecule has 0 amide bonds. The molecule has 0 aliphatic carbocycles. The molecule has 14 heavy (non-hydrogen) atoms. The number of hydrogen-bond donors (Lipinski definition) is 0. The van der Waals surface area contributed by atoms with Crippen LogP contribution in [0.4, 0.5) is 0 Å². The highest BCUT2D eigenvalue weighted by molar-refractivity contribution is 14.1. The highest BCUT2D eigenvalue weighted by Crippen LogP contribution is 2.32. The summed E-state index contributed by atoms with van der Waals surface area (Å²) in [5, 5.41) is 2.45. The van der Waals surface area contributed by atoms with Gasteiger partial charge in [-0.2, -0.15) is 0 Å². The maximum absolute atomic E-state index is 5.41. The molecule has 0 aromatic heterocycles. The fourth-order valence-electron chi connectivity index (χ4n) is 1.71. The van der Waals surface area contributed by atoms with Crippen molar-refractivity contribution in [3.8, 4) is 5.75 Å². The van der Waals surface area contributed by atoms with E-state index >= 15 is 0 Å². The number of fused-ring (bicyclic) bond motifs is 1. The number of methoxy groups -OCH3 is 1. The number of halogens is 1. The van der Waals surface area contributed by atoms with E-state index in [1.165, 1.54) is 19.9 Å². The molecule has 0 bridgehead atoms. The van der Waals surface area contributed by atoms with Crippen LogP contribution in [0.3, 0.4) is 0 Å². The minimum atomic E-state index is 0.987. The van der Waals surface area contributed by atoms with E-state index in [2.05, 4.69) is 53.8 Å². The van der Waals surface area contributed by atoms with Gasteiger partial charge in [0, 0.05) is 8.96 Å². The first-order valence-corrected chi connectivity index (χ1v) is 5.53. The van der Waals surface area contributed by atoms with Crippen molar-refractivity contribution in [3.63, 3.8) is 0 Å². The molecule has 0 unspecified atom stereocenters. The molecule has 2 aromatic rings. The van der Waals surface area contributed by atoms with Gasteiger partial charge in [-0.3, -0.25) is 0 Å². The predicted molar refractivity (Wildman–Crippen MR) is 68.0 cm³/mol. The largest absolute Gasteiger partial charge is 0.496 e. The Balaban J connectivity index is 2.90. The summed E-state index contributed by atoms with van der Waals surface area (Å²) in [5.41, 5.74) is 1.19. The third kappa shape index (κ3) is 1.47. The van der Waals surface area contributed by atoms with Crippen molar-refractivity contribution < 1.29 is 4.74 Å². The van der Waals surface area contributed by atoms with Gasteiger partial charge in [0.15, 0.2) is 0 Å². The summed E-state index contributed by atoms with van der Waals surface area (Å²) in [6.45, 7) is 2.08. The molecule has 0 aliphatic rings. The van der Waals surface area contributed by atoms with Gasteiger partial charge < -0.3 is 4.74 Å². The molecule has 1 nitrogen and oxygen atoms in total. The first kappa shape index (κ1) is 9.77. The summed E-state index contributed by atoms with van der Waals surface area (Å²) < 4.78 is 6.68. The molecule has 2 heteroatoms. The van der Waals surface area contributed by atoms with E-state index in [9.17, 15) is 0 Å². The molecule has 0 saturated carbocycles. The third-order valence-electron chi connectivity index (χ3n) is 2.33. The van der Waals surface area contributed by atoms with Crippen LogP contribution in [0.1, 0.15) is 5.56 Å². The average Bonchev–Trinajstić information content (AvgIpc) is 2.18. The number of aryl methyl sites for hydroxylation is 1. The Morgan fingerprint density at radius 3 is 2.43 bits per heavy atom. The molecule has 0 saturated heterocycles. The lowest BCUT2D eigenvalue weighted by molar-refractivity contribution is 0.416. The molecule has 0 N–H and O–H groups in total. The maximum atomic E-state index is 5.41. The number of rotatable bonds is 1. The van der Waals surface area contributed by atoms with Gasteiger partial charge in [0.25, 0.3) is 0 Å². The molecule has 0 spiro atoms. The molecule has 0 aliphatic heterocycles. The Morgan fingerprint density at radius 2 is 1.79 bits per heavy atom. The van der Waals surface area contributed by atoms with Crippen LogP contribution >= 0.6 is 22.6 Å². The second-order valence-corrected chi connectivity index (χ2v) is 4.42. The Hall–Kier alpha value is -0.770. The lowest BCUT2D eigenvalue weighted by Gasteiger charge is -2.10. The third-order valence-corrected chi connectivity index (χ3v) is 3.23. The van der Waals surface area contributed by atoms with E-state index in [1.807, 2.05) is 6.07 Å². The number of benzene rings is 2. The molecule has 0 fully saturated rings. The predicted octanol–water partition coefficient (Wildman–Crippen LogP) is 3.76. The van der Waals surface area contributed by atoms with Crippen LogP contribution in [-0.2, 0) is 0 Å². The maximum Gasteiger partial charge on any atom is 0.129 e. The molecule has 2 aromatic carbocycles. The Bertz CT molecular complexity index is 477. The van der Waals surface area contributed by atoms with E-state index in [0.717, 1.165) is 5.75 Å². The van der Waals surface area contributed by atoms with Crippen LogP contribution in [0.15, 0.2) is 30.3 Å². The van der Waals surface area contributed by atoms with Gasteiger partial charge in [-0.25, -0.2) is 0 Å². The summed E-state index contributed by atoms with van der Waals surface area (Å²) in [5.74, 6) is 0.987. The van der Waals surface area contributed by atoms with Crippen LogP contribution in [0.2, 0.25) is 0 Å². The molecular formula is C12H11IO. The van der Waals surface area contributed by atoms with Crippen molar-refractivity contribution in [1.29, 1.82) is 0 Å². The normalized spacial score (nSPS) is 10.5. The van der Waals surface area contributed by atoms with E-state index in [4.69, 9.17) is 4.74 Å². The van der Waals surface area contributed by atoms with Gasteiger partial charge in [-0.05, 0) is 46.5 Å². The fourth-order valence-corrected chi connectivity index (χ4v) is 2.64. The molecule has 0 radical (unpaired) electrons. The van der Waals surface area contributed by atoms with Crippen LogP contribution in [0, 0.1) is 10.5 Å². The zero-order valence-electron chi connectivity index (χ0n) is 8.17. The Morgan fingerprint density at radius 1 is 1.14 bits per heavy atom. The number of hydrogen-bond acceptors (Lipinski definition) is 1. The van der Waals surface area contributed by atoms with Crippen LogP contribution in [0.25, 0.3) is 10.8 Å². The van der Waals surface area contributed by atoms with E-state index in [-0.39, 0.29) is 0 Å². The summed E-state index contributed by atoms with van der Waals surface area (Å²) in [6.07, 6.45) is 0. The van der Waals surface area contributed by atoms with Crippen LogP contribution in [-0.4, -0.2) is 7.11 Å². The van der Waals surface area contributed by atoms with Crippen molar-refractivity contribution in [2.45, 2.75) is 6.92 Å². The van der Waals surface area contributed by atoms with Crippen LogP contribution in [0.5, 0.6) is 5.75 Å². The standard InChI is InChI=1S/C12H11IO/c1-8-7-11(13)9-5-3-4-6-10(9)12(8)14-2/h3-7H,1-2H3. The summed E-state index contributed by atoms with van der Waals surface area (Å²) in [4.78, 5) is 0. The molecule has 0 atom stereocenters. The van der Waals surface area contributed by atoms with E-state index in [1.54, 1.807) is 7.11 Å². The Kier molecular flexibility index (Phi) is 2.63. The highest BCUT2D eigenvalue weighted by Gasteiger charge is 2.07.